The van der Waals surface area contributed by atoms with E-state index in [9.17, 15) is 4.79 Å². The van der Waals surface area contributed by atoms with Gasteiger partial charge in [0.1, 0.15) is 5.75 Å². The number of halogens is 1. The van der Waals surface area contributed by atoms with Crippen LogP contribution in [-0.2, 0) is 11.4 Å². The summed E-state index contributed by atoms with van der Waals surface area (Å²) in [6, 6.07) is 4.95. The van der Waals surface area contributed by atoms with Crippen molar-refractivity contribution < 1.29 is 19.2 Å². The zero-order chi connectivity index (χ0) is 14.5. The van der Waals surface area contributed by atoms with Crippen LogP contribution in [0.3, 0.4) is 0 Å². The molecule has 2 aromatic rings. The van der Waals surface area contributed by atoms with Crippen molar-refractivity contribution in [2.24, 2.45) is 0 Å². The molecule has 1 heterocycles. The molecule has 0 spiro atoms. The van der Waals surface area contributed by atoms with Gasteiger partial charge >= 0.3 is 5.97 Å². The Morgan fingerprint density at radius 2 is 2.35 bits per heavy atom. The van der Waals surface area contributed by atoms with Crippen molar-refractivity contribution in [3.05, 3.63) is 46.6 Å². The maximum Gasteiger partial charge on any atom is 0.328 e. The van der Waals surface area contributed by atoms with Gasteiger partial charge in [0.2, 0.25) is 0 Å². The van der Waals surface area contributed by atoms with Crippen LogP contribution in [-0.4, -0.2) is 21.2 Å². The topological polar surface area (TPSA) is 85.5 Å². The molecule has 20 heavy (non-hydrogen) atoms. The first-order valence-corrected chi connectivity index (χ1v) is 6.05. The van der Waals surface area contributed by atoms with E-state index in [0.29, 0.717) is 28.1 Å². The van der Waals surface area contributed by atoms with Gasteiger partial charge in [-0.1, -0.05) is 22.8 Å². The average molecular weight is 295 g/mol. The highest BCUT2D eigenvalue weighted by Crippen LogP contribution is 2.26. The summed E-state index contributed by atoms with van der Waals surface area (Å²) in [5, 5.41) is 12.6. The molecule has 0 atom stereocenters. The summed E-state index contributed by atoms with van der Waals surface area (Å²) in [4.78, 5) is 14.4. The van der Waals surface area contributed by atoms with Crippen molar-refractivity contribution in [1.82, 2.24) is 10.1 Å². The van der Waals surface area contributed by atoms with Crippen molar-refractivity contribution in [3.8, 4) is 5.75 Å². The Hall–Kier alpha value is -2.34. The number of aryl methyl sites for hydroxylation is 1. The lowest BCUT2D eigenvalue weighted by Crippen LogP contribution is -1.96. The predicted molar refractivity (Wildman–Crippen MR) is 71.5 cm³/mol. The smallest absolute Gasteiger partial charge is 0.328 e. The third-order valence-electron chi connectivity index (χ3n) is 2.30. The van der Waals surface area contributed by atoms with Gasteiger partial charge in [-0.3, -0.25) is 0 Å². The maximum absolute atomic E-state index is 10.4. The van der Waals surface area contributed by atoms with E-state index in [1.54, 1.807) is 25.1 Å². The number of aromatic nitrogens is 2. The summed E-state index contributed by atoms with van der Waals surface area (Å²) < 4.78 is 10.4. The summed E-state index contributed by atoms with van der Waals surface area (Å²) in [7, 11) is 0. The van der Waals surface area contributed by atoms with Gasteiger partial charge in [-0.05, 0) is 30.7 Å². The second-order valence-corrected chi connectivity index (χ2v) is 4.29. The van der Waals surface area contributed by atoms with E-state index in [2.05, 4.69) is 10.1 Å². The van der Waals surface area contributed by atoms with Crippen molar-refractivity contribution in [1.29, 1.82) is 0 Å². The number of carboxylic acids is 1. The Balaban J connectivity index is 2.04. The Labute approximate surface area is 119 Å². The highest BCUT2D eigenvalue weighted by molar-refractivity contribution is 6.32. The lowest BCUT2D eigenvalue weighted by molar-refractivity contribution is -0.131. The third kappa shape index (κ3) is 3.83. The number of carboxylic acid groups (broad SMARTS) is 1. The van der Waals surface area contributed by atoms with Crippen LogP contribution < -0.4 is 4.74 Å². The van der Waals surface area contributed by atoms with Gasteiger partial charge in [-0.25, -0.2) is 4.79 Å². The first-order valence-electron chi connectivity index (χ1n) is 5.67. The van der Waals surface area contributed by atoms with Crippen LogP contribution in [0.15, 0.2) is 28.8 Å². The summed E-state index contributed by atoms with van der Waals surface area (Å²) in [5.41, 5.74) is 0.665. The van der Waals surface area contributed by atoms with Gasteiger partial charge in [0.15, 0.2) is 12.4 Å². The number of benzene rings is 1. The molecular formula is C13H11ClN2O4. The monoisotopic (exact) mass is 294 g/mol. The second-order valence-electron chi connectivity index (χ2n) is 3.89. The summed E-state index contributed by atoms with van der Waals surface area (Å²) >= 11 is 6.04. The standard InChI is InChI=1S/C13H11ClN2O4/c1-8-15-12(20-16-8)7-19-11-4-2-9(6-10(11)14)3-5-13(17)18/h2-6H,7H2,1H3,(H,17,18). The predicted octanol–water partition coefficient (Wildman–Crippen LogP) is 2.71. The Morgan fingerprint density at radius 3 is 2.95 bits per heavy atom. The number of hydrogen-bond acceptors (Lipinski definition) is 5. The first-order chi connectivity index (χ1) is 9.54. The molecule has 0 radical (unpaired) electrons. The van der Waals surface area contributed by atoms with Crippen molar-refractivity contribution >= 4 is 23.6 Å². The SMILES string of the molecule is Cc1noc(COc2ccc(C=CC(=O)O)cc2Cl)n1. The van der Waals surface area contributed by atoms with E-state index >= 15 is 0 Å². The van der Waals surface area contributed by atoms with E-state index in [-0.39, 0.29) is 6.61 Å². The number of ether oxygens (including phenoxy) is 1. The fourth-order valence-electron chi connectivity index (χ4n) is 1.44. The third-order valence-corrected chi connectivity index (χ3v) is 2.59. The minimum absolute atomic E-state index is 0.116. The van der Waals surface area contributed by atoms with Gasteiger partial charge in [0.05, 0.1) is 5.02 Å². The number of carbonyl (C=O) groups is 1. The molecule has 0 aliphatic rings. The molecule has 0 unspecified atom stereocenters. The van der Waals surface area contributed by atoms with Crippen LogP contribution in [0.1, 0.15) is 17.3 Å². The van der Waals surface area contributed by atoms with Crippen molar-refractivity contribution in [2.45, 2.75) is 13.5 Å². The quantitative estimate of drug-likeness (QED) is 0.853. The van der Waals surface area contributed by atoms with E-state index in [1.165, 1.54) is 6.08 Å². The maximum atomic E-state index is 10.4. The van der Waals surface area contributed by atoms with Crippen molar-refractivity contribution in [2.75, 3.05) is 0 Å². The van der Waals surface area contributed by atoms with E-state index in [1.807, 2.05) is 0 Å². The molecule has 1 aromatic heterocycles. The largest absolute Gasteiger partial charge is 0.482 e. The van der Waals surface area contributed by atoms with Gasteiger partial charge in [0.25, 0.3) is 5.89 Å². The van der Waals surface area contributed by atoms with Crippen LogP contribution in [0.5, 0.6) is 5.75 Å². The van der Waals surface area contributed by atoms with Crippen LogP contribution >= 0.6 is 11.6 Å². The number of aliphatic carboxylic acids is 1. The first kappa shape index (κ1) is 14.1. The normalized spacial score (nSPS) is 10.9. The molecule has 6 nitrogen and oxygen atoms in total. The van der Waals surface area contributed by atoms with E-state index < -0.39 is 5.97 Å². The molecule has 0 fully saturated rings. The molecule has 0 aliphatic heterocycles. The molecule has 0 aliphatic carbocycles. The fourth-order valence-corrected chi connectivity index (χ4v) is 1.69. The number of rotatable bonds is 5. The van der Waals surface area contributed by atoms with Crippen LogP contribution in [0.2, 0.25) is 5.02 Å². The Bertz CT molecular complexity index is 652. The van der Waals surface area contributed by atoms with E-state index in [4.69, 9.17) is 26.0 Å². The summed E-state index contributed by atoms with van der Waals surface area (Å²) in [5.74, 6) is 0.320. The average Bonchev–Trinajstić information content (AvgIpc) is 2.81. The highest BCUT2D eigenvalue weighted by Gasteiger charge is 2.06. The van der Waals surface area contributed by atoms with Crippen LogP contribution in [0.4, 0.5) is 0 Å². The van der Waals surface area contributed by atoms with Crippen LogP contribution in [0, 0.1) is 6.92 Å². The Morgan fingerprint density at radius 1 is 1.55 bits per heavy atom. The molecule has 0 bridgehead atoms. The van der Waals surface area contributed by atoms with Crippen LogP contribution in [0.25, 0.3) is 6.08 Å². The Kier molecular flexibility index (Phi) is 4.37. The molecule has 0 saturated carbocycles. The fraction of sp³-hybridized carbons (Fsp3) is 0.154. The minimum atomic E-state index is -1.02. The van der Waals surface area contributed by atoms with E-state index in [0.717, 1.165) is 6.08 Å². The zero-order valence-corrected chi connectivity index (χ0v) is 11.3. The molecule has 1 aromatic carbocycles. The molecule has 0 amide bonds. The molecule has 0 saturated heterocycles. The van der Waals surface area contributed by atoms with Gasteiger partial charge in [-0.2, -0.15) is 4.98 Å². The summed E-state index contributed by atoms with van der Waals surface area (Å²) in [6.07, 6.45) is 2.48. The van der Waals surface area contributed by atoms with Gasteiger partial charge in [-0.15, -0.1) is 0 Å². The summed E-state index contributed by atoms with van der Waals surface area (Å²) in [6.45, 7) is 1.83. The molecule has 7 heteroatoms. The molecule has 1 N–H and O–H groups in total. The number of nitrogens with zero attached hydrogens (tertiary/aromatic N) is 2. The van der Waals surface area contributed by atoms with Gasteiger partial charge in [0, 0.05) is 6.08 Å². The molecular weight excluding hydrogens is 284 g/mol. The lowest BCUT2D eigenvalue weighted by atomic mass is 10.2. The lowest BCUT2D eigenvalue weighted by Gasteiger charge is -2.06. The molecule has 104 valence electrons. The van der Waals surface area contributed by atoms with Gasteiger partial charge < -0.3 is 14.4 Å². The van der Waals surface area contributed by atoms with Crippen molar-refractivity contribution in [3.63, 3.8) is 0 Å². The minimum Gasteiger partial charge on any atom is -0.482 e. The molecule has 2 rings (SSSR count). The highest BCUT2D eigenvalue weighted by atomic mass is 35.5. The number of hydrogen-bond donors (Lipinski definition) is 1. The second kappa shape index (κ2) is 6.21. The zero-order valence-electron chi connectivity index (χ0n) is 10.5.